The predicted molar refractivity (Wildman–Crippen MR) is 98.1 cm³/mol. The molecule has 0 saturated heterocycles. The van der Waals surface area contributed by atoms with Crippen LogP contribution in [0.1, 0.15) is 27.9 Å². The highest BCUT2D eigenvalue weighted by Gasteiger charge is 2.11. The Morgan fingerprint density at radius 1 is 1.04 bits per heavy atom. The average molecular weight is 393 g/mol. The van der Waals surface area contributed by atoms with Gasteiger partial charge in [-0.3, -0.25) is 4.79 Å². The highest BCUT2D eigenvalue weighted by molar-refractivity contribution is 5.87. The monoisotopic (exact) mass is 393 g/mol. The lowest BCUT2D eigenvalue weighted by Crippen LogP contribution is -2.25. The molecule has 2 aromatic carbocycles. The number of rotatable bonds is 10. The van der Waals surface area contributed by atoms with E-state index in [-0.39, 0.29) is 29.4 Å². The number of ether oxygens (including phenoxy) is 2. The highest BCUT2D eigenvalue weighted by atomic mass is 19.3. The summed E-state index contributed by atoms with van der Waals surface area (Å²) in [5.41, 5.74) is 1.79. The number of benzene rings is 2. The van der Waals surface area contributed by atoms with Gasteiger partial charge in [-0.15, -0.1) is 0 Å². The van der Waals surface area contributed by atoms with E-state index in [0.29, 0.717) is 19.4 Å². The summed E-state index contributed by atoms with van der Waals surface area (Å²) in [4.78, 5) is 22.8. The second kappa shape index (κ2) is 10.2. The maximum atomic E-state index is 12.4. The van der Waals surface area contributed by atoms with Crippen molar-refractivity contribution in [2.45, 2.75) is 25.9 Å². The molecular weight excluding hydrogens is 372 g/mol. The van der Waals surface area contributed by atoms with Crippen molar-refractivity contribution < 1.29 is 33.0 Å². The standard InChI is InChI=1S/C20H21F2NO5/c1-27-16-8-4-14(12-17(16)28-20(21)22)10-11-23-18(24)9-5-13-2-6-15(7-3-13)19(25)26/h2-4,6-8,12,20H,5,9-11H2,1H3,(H,23,24)(H,25,26). The van der Waals surface area contributed by atoms with Crippen LogP contribution in [0, 0.1) is 0 Å². The van der Waals surface area contributed by atoms with Gasteiger partial charge < -0.3 is 19.9 Å². The number of aryl methyl sites for hydroxylation is 1. The summed E-state index contributed by atoms with van der Waals surface area (Å²) in [5.74, 6) is -0.988. The Labute approximate surface area is 161 Å². The van der Waals surface area contributed by atoms with Gasteiger partial charge in [0.1, 0.15) is 0 Å². The minimum atomic E-state index is -2.95. The lowest BCUT2D eigenvalue weighted by Gasteiger charge is -2.12. The Kier molecular flexibility index (Phi) is 7.74. The molecule has 8 heteroatoms. The molecule has 6 nitrogen and oxygen atoms in total. The molecule has 0 aromatic heterocycles. The summed E-state index contributed by atoms with van der Waals surface area (Å²) < 4.78 is 34.3. The first-order valence-electron chi connectivity index (χ1n) is 8.59. The van der Waals surface area contributed by atoms with E-state index in [1.165, 1.54) is 31.4 Å². The first-order valence-corrected chi connectivity index (χ1v) is 8.59. The van der Waals surface area contributed by atoms with Gasteiger partial charge in [-0.05, 0) is 48.2 Å². The number of methoxy groups -OCH3 is 1. The minimum absolute atomic E-state index is 0.0499. The topological polar surface area (TPSA) is 84.9 Å². The number of carboxylic acid groups (broad SMARTS) is 1. The summed E-state index contributed by atoms with van der Waals surface area (Å²) in [6, 6.07) is 11.1. The molecule has 2 aromatic rings. The van der Waals surface area contributed by atoms with Gasteiger partial charge in [0.05, 0.1) is 12.7 Å². The van der Waals surface area contributed by atoms with Crippen molar-refractivity contribution in [3.05, 3.63) is 59.2 Å². The van der Waals surface area contributed by atoms with E-state index < -0.39 is 12.6 Å². The van der Waals surface area contributed by atoms with Gasteiger partial charge in [0.2, 0.25) is 5.91 Å². The van der Waals surface area contributed by atoms with Gasteiger partial charge in [-0.25, -0.2) is 4.79 Å². The SMILES string of the molecule is COc1ccc(CCNC(=O)CCc2ccc(C(=O)O)cc2)cc1OC(F)F. The van der Waals surface area contributed by atoms with Gasteiger partial charge in [0.15, 0.2) is 11.5 Å². The third-order valence-electron chi connectivity index (χ3n) is 4.02. The fourth-order valence-corrected chi connectivity index (χ4v) is 2.57. The average Bonchev–Trinajstić information content (AvgIpc) is 2.66. The van der Waals surface area contributed by atoms with E-state index in [4.69, 9.17) is 9.84 Å². The number of halogens is 2. The molecule has 150 valence electrons. The van der Waals surface area contributed by atoms with Crippen molar-refractivity contribution in [2.75, 3.05) is 13.7 Å². The van der Waals surface area contributed by atoms with Crippen LogP contribution in [0.2, 0.25) is 0 Å². The molecule has 0 radical (unpaired) electrons. The molecule has 2 rings (SSSR count). The third-order valence-corrected chi connectivity index (χ3v) is 4.02. The molecule has 0 aliphatic rings. The molecule has 28 heavy (non-hydrogen) atoms. The van der Waals surface area contributed by atoms with E-state index in [2.05, 4.69) is 10.1 Å². The van der Waals surface area contributed by atoms with Crippen molar-refractivity contribution in [2.24, 2.45) is 0 Å². The van der Waals surface area contributed by atoms with Crippen LogP contribution in [0.4, 0.5) is 8.78 Å². The number of carboxylic acids is 1. The van der Waals surface area contributed by atoms with Crippen LogP contribution in [0.3, 0.4) is 0 Å². The summed E-state index contributed by atoms with van der Waals surface area (Å²) in [5, 5.41) is 11.6. The smallest absolute Gasteiger partial charge is 0.387 e. The zero-order valence-corrected chi connectivity index (χ0v) is 15.3. The fraction of sp³-hybridized carbons (Fsp3) is 0.300. The van der Waals surface area contributed by atoms with Crippen molar-refractivity contribution >= 4 is 11.9 Å². The molecule has 0 heterocycles. The Hall–Kier alpha value is -3.16. The Balaban J connectivity index is 1.79. The Bertz CT molecular complexity index is 809. The number of carbonyl (C=O) groups excluding carboxylic acids is 1. The summed E-state index contributed by atoms with van der Waals surface area (Å²) in [7, 11) is 1.36. The number of hydrogen-bond acceptors (Lipinski definition) is 4. The highest BCUT2D eigenvalue weighted by Crippen LogP contribution is 2.29. The van der Waals surface area contributed by atoms with Crippen molar-refractivity contribution in [3.63, 3.8) is 0 Å². The van der Waals surface area contributed by atoms with Crippen LogP contribution in [0.5, 0.6) is 11.5 Å². The van der Waals surface area contributed by atoms with Crippen LogP contribution in [-0.2, 0) is 17.6 Å². The number of hydrogen-bond donors (Lipinski definition) is 2. The fourth-order valence-electron chi connectivity index (χ4n) is 2.57. The lowest BCUT2D eigenvalue weighted by atomic mass is 10.1. The zero-order valence-electron chi connectivity index (χ0n) is 15.3. The molecule has 0 aliphatic carbocycles. The van der Waals surface area contributed by atoms with Crippen molar-refractivity contribution in [3.8, 4) is 11.5 Å². The summed E-state index contributed by atoms with van der Waals surface area (Å²) in [6.45, 7) is -2.61. The molecule has 0 spiro atoms. The second-order valence-electron chi connectivity index (χ2n) is 5.97. The van der Waals surface area contributed by atoms with Crippen LogP contribution in [0.25, 0.3) is 0 Å². The number of amides is 1. The predicted octanol–water partition coefficient (Wildman–Crippen LogP) is 3.29. The first kappa shape index (κ1) is 21.1. The molecule has 0 atom stereocenters. The summed E-state index contributed by atoms with van der Waals surface area (Å²) in [6.07, 6.45) is 1.19. The van der Waals surface area contributed by atoms with E-state index in [1.54, 1.807) is 18.2 Å². The van der Waals surface area contributed by atoms with Gasteiger partial charge >= 0.3 is 12.6 Å². The first-order chi connectivity index (χ1) is 13.4. The normalized spacial score (nSPS) is 10.6. The van der Waals surface area contributed by atoms with E-state index in [1.807, 2.05) is 0 Å². The Morgan fingerprint density at radius 2 is 1.71 bits per heavy atom. The zero-order chi connectivity index (χ0) is 20.5. The number of nitrogens with one attached hydrogen (secondary N) is 1. The molecule has 1 amide bonds. The lowest BCUT2D eigenvalue weighted by molar-refractivity contribution is -0.121. The van der Waals surface area contributed by atoms with E-state index >= 15 is 0 Å². The number of alkyl halides is 2. The molecule has 2 N–H and O–H groups in total. The molecule has 0 aliphatic heterocycles. The summed E-state index contributed by atoms with van der Waals surface area (Å²) >= 11 is 0. The van der Waals surface area contributed by atoms with Crippen LogP contribution in [-0.4, -0.2) is 37.2 Å². The Morgan fingerprint density at radius 3 is 2.32 bits per heavy atom. The third kappa shape index (κ3) is 6.53. The maximum Gasteiger partial charge on any atom is 0.387 e. The number of carbonyl (C=O) groups is 2. The molecule has 0 saturated carbocycles. The van der Waals surface area contributed by atoms with Crippen LogP contribution < -0.4 is 14.8 Å². The number of aromatic carboxylic acids is 1. The maximum absolute atomic E-state index is 12.4. The van der Waals surface area contributed by atoms with E-state index in [9.17, 15) is 18.4 Å². The van der Waals surface area contributed by atoms with Gasteiger partial charge in [-0.1, -0.05) is 18.2 Å². The quantitative estimate of drug-likeness (QED) is 0.647. The van der Waals surface area contributed by atoms with Crippen molar-refractivity contribution in [1.82, 2.24) is 5.32 Å². The molecule has 0 bridgehead atoms. The molecule has 0 fully saturated rings. The van der Waals surface area contributed by atoms with Crippen molar-refractivity contribution in [1.29, 1.82) is 0 Å². The largest absolute Gasteiger partial charge is 0.493 e. The molecule has 0 unspecified atom stereocenters. The molecular formula is C20H21F2NO5. The van der Waals surface area contributed by atoms with Gasteiger partial charge in [0.25, 0.3) is 0 Å². The second-order valence-corrected chi connectivity index (χ2v) is 5.97. The van der Waals surface area contributed by atoms with Gasteiger partial charge in [-0.2, -0.15) is 8.78 Å². The minimum Gasteiger partial charge on any atom is -0.493 e. The van der Waals surface area contributed by atoms with Crippen LogP contribution >= 0.6 is 0 Å². The van der Waals surface area contributed by atoms with E-state index in [0.717, 1.165) is 11.1 Å². The van der Waals surface area contributed by atoms with Gasteiger partial charge in [0, 0.05) is 13.0 Å². The van der Waals surface area contributed by atoms with Crippen LogP contribution in [0.15, 0.2) is 42.5 Å².